The molecule has 0 nitrogen and oxygen atoms in total. The minimum Gasteiger partial charge on any atom is -0.214 e. The zero-order chi connectivity index (χ0) is 8.12. The summed E-state index contributed by atoms with van der Waals surface area (Å²) >= 11 is 0. The highest BCUT2D eigenvalue weighted by molar-refractivity contribution is 3.57. The summed E-state index contributed by atoms with van der Waals surface area (Å²) in [4.78, 5) is 0. The largest absolute Gasteiger partial charge is 0.229 e. The molecule has 0 unspecified atom stereocenters. The van der Waals surface area contributed by atoms with E-state index >= 15 is 0 Å². The van der Waals surface area contributed by atoms with Crippen molar-refractivity contribution in [3.63, 3.8) is 0 Å². The van der Waals surface area contributed by atoms with Crippen LogP contribution in [0.15, 0.2) is 0 Å². The molecular formula is C3H6F6. The summed E-state index contributed by atoms with van der Waals surface area (Å²) in [5.74, 6) is 0. The molecule has 0 fully saturated rings. The number of halogens is 6. The fourth-order valence-electron chi connectivity index (χ4n) is 0. The smallest absolute Gasteiger partial charge is 0.214 e. The number of alkyl halides is 6. The van der Waals surface area contributed by atoms with Crippen LogP contribution < -0.4 is 0 Å². The van der Waals surface area contributed by atoms with Gasteiger partial charge in [0.25, 0.3) is 0 Å². The first kappa shape index (κ1) is 15.8. The lowest BCUT2D eigenvalue weighted by Gasteiger charge is -1.42. The molecule has 0 aromatic carbocycles. The van der Waals surface area contributed by atoms with Crippen molar-refractivity contribution in [3.8, 4) is 0 Å². The molecule has 0 amide bonds. The highest BCUT2D eigenvalue weighted by Crippen LogP contribution is 1.56. The third kappa shape index (κ3) is 1340. The number of hydrogen-bond acceptors (Lipinski definition) is 0. The Kier molecular flexibility index (Phi) is 86.7. The Labute approximate surface area is 48.5 Å². The van der Waals surface area contributed by atoms with E-state index in [2.05, 4.69) is 0 Å². The van der Waals surface area contributed by atoms with Gasteiger partial charge in [0.2, 0.25) is 20.8 Å². The lowest BCUT2D eigenvalue weighted by atomic mass is 11.7. The maximum atomic E-state index is 9.62. The van der Waals surface area contributed by atoms with Crippen LogP contribution in [0.25, 0.3) is 0 Å². The molecule has 0 saturated carbocycles. The van der Waals surface area contributed by atoms with Gasteiger partial charge >= 0.3 is 0 Å². The van der Waals surface area contributed by atoms with Crippen LogP contribution in [0.1, 0.15) is 0 Å². The molecule has 9 heavy (non-hydrogen) atoms. The Morgan fingerprint density at radius 3 is 0.444 bits per heavy atom. The zero-order valence-electron chi connectivity index (χ0n) is 4.39. The predicted octanol–water partition coefficient (Wildman–Crippen LogP) is 2.65. The van der Waals surface area contributed by atoms with E-state index in [1.807, 2.05) is 0 Å². The average Bonchev–Trinajstić information content (AvgIpc) is 1.70. The van der Waals surface area contributed by atoms with E-state index in [-0.39, 0.29) is 0 Å². The quantitative estimate of drug-likeness (QED) is 0.473. The molecule has 0 aliphatic heterocycles. The van der Waals surface area contributed by atoms with E-state index in [9.17, 15) is 26.3 Å². The van der Waals surface area contributed by atoms with E-state index in [1.54, 1.807) is 0 Å². The summed E-state index contributed by atoms with van der Waals surface area (Å²) in [5, 5.41) is 0. The first-order chi connectivity index (χ1) is 4.24. The predicted molar refractivity (Wildman–Crippen MR) is 21.2 cm³/mol. The van der Waals surface area contributed by atoms with E-state index in [0.29, 0.717) is 0 Å². The van der Waals surface area contributed by atoms with Crippen molar-refractivity contribution in [1.29, 1.82) is 0 Å². The van der Waals surface area contributed by atoms with Crippen molar-refractivity contribution in [3.05, 3.63) is 0 Å². The maximum absolute atomic E-state index is 9.62. The third-order valence-corrected chi connectivity index (χ3v) is 0. The molecule has 0 aromatic heterocycles. The van der Waals surface area contributed by atoms with Crippen molar-refractivity contribution in [2.45, 2.75) is 0 Å². The second kappa shape index (κ2) is 49.3. The summed E-state index contributed by atoms with van der Waals surface area (Å²) in [6.45, 7) is -5.25. The first-order valence-electron chi connectivity index (χ1n) is 1.60. The lowest BCUT2D eigenvalue weighted by Crippen LogP contribution is -1.34. The van der Waals surface area contributed by atoms with Gasteiger partial charge in [0.05, 0.1) is 0 Å². The Morgan fingerprint density at radius 2 is 0.444 bits per heavy atom. The van der Waals surface area contributed by atoms with E-state index in [1.165, 1.54) is 0 Å². The van der Waals surface area contributed by atoms with Gasteiger partial charge in [-0.25, -0.2) is 26.3 Å². The third-order valence-electron chi connectivity index (χ3n) is 0. The maximum Gasteiger partial charge on any atom is 0.229 e. The van der Waals surface area contributed by atoms with Gasteiger partial charge in [0, 0.05) is 0 Å². The summed E-state index contributed by atoms with van der Waals surface area (Å²) in [7, 11) is 0. The van der Waals surface area contributed by atoms with Crippen molar-refractivity contribution >= 4 is 0 Å². The Morgan fingerprint density at radius 1 is 0.444 bits per heavy atom. The van der Waals surface area contributed by atoms with Gasteiger partial charge in [-0.2, -0.15) is 0 Å². The summed E-state index contributed by atoms with van der Waals surface area (Å²) < 4.78 is 57.8. The lowest BCUT2D eigenvalue weighted by molar-refractivity contribution is 0.295. The fourth-order valence-corrected chi connectivity index (χ4v) is 0. The van der Waals surface area contributed by atoms with Crippen LogP contribution in [0.3, 0.4) is 0 Å². The molecule has 0 saturated heterocycles. The summed E-state index contributed by atoms with van der Waals surface area (Å²) in [6.07, 6.45) is 0. The van der Waals surface area contributed by atoms with Crippen molar-refractivity contribution in [1.82, 2.24) is 0 Å². The summed E-state index contributed by atoms with van der Waals surface area (Å²) in [5.41, 5.74) is 0. The number of hydrogen-bond donors (Lipinski definition) is 0. The molecule has 0 aliphatic rings. The molecule has 6 heteroatoms. The van der Waals surface area contributed by atoms with Crippen LogP contribution in [-0.2, 0) is 0 Å². The molecule has 0 heterocycles. The molecule has 0 rings (SSSR count). The van der Waals surface area contributed by atoms with Gasteiger partial charge in [-0.15, -0.1) is 0 Å². The van der Waals surface area contributed by atoms with E-state index in [4.69, 9.17) is 0 Å². The topological polar surface area (TPSA) is 0 Å². The zero-order valence-corrected chi connectivity index (χ0v) is 4.39. The van der Waals surface area contributed by atoms with Gasteiger partial charge in [0.1, 0.15) is 0 Å². The molecular weight excluding hydrogens is 150 g/mol. The van der Waals surface area contributed by atoms with Crippen LogP contribution in [0.5, 0.6) is 0 Å². The van der Waals surface area contributed by atoms with E-state index < -0.39 is 20.8 Å². The van der Waals surface area contributed by atoms with Gasteiger partial charge in [-0.05, 0) is 0 Å². The second-order valence-corrected chi connectivity index (χ2v) is 0.303. The van der Waals surface area contributed by atoms with Crippen LogP contribution in [0.4, 0.5) is 26.3 Å². The first-order valence-corrected chi connectivity index (χ1v) is 1.60. The van der Waals surface area contributed by atoms with Crippen molar-refractivity contribution in [2.75, 3.05) is 20.8 Å². The Balaban J connectivity index is -0.0000000600. The summed E-state index contributed by atoms with van der Waals surface area (Å²) in [6, 6.07) is 0. The second-order valence-electron chi connectivity index (χ2n) is 0.303. The highest BCUT2D eigenvalue weighted by atomic mass is 19.3. The monoisotopic (exact) mass is 156 g/mol. The molecule has 0 aliphatic carbocycles. The van der Waals surface area contributed by atoms with Crippen LogP contribution >= 0.6 is 0 Å². The molecule has 0 bridgehead atoms. The standard InChI is InChI=1S/3CH2F2/c3*2-1-3/h3*1H2. The fraction of sp³-hybridized carbons (Fsp3) is 1.00. The van der Waals surface area contributed by atoms with Crippen LogP contribution in [0, 0.1) is 0 Å². The van der Waals surface area contributed by atoms with Gasteiger partial charge in [0.15, 0.2) is 0 Å². The SMILES string of the molecule is FCF.FCF.FCF. The average molecular weight is 156 g/mol. The minimum atomic E-state index is -1.75. The van der Waals surface area contributed by atoms with Gasteiger partial charge in [-0.1, -0.05) is 0 Å². The molecule has 0 aromatic rings. The molecule has 0 N–H and O–H groups in total. The van der Waals surface area contributed by atoms with Crippen LogP contribution in [-0.4, -0.2) is 20.8 Å². The minimum absolute atomic E-state index is 1.75. The molecule has 60 valence electrons. The Hall–Kier alpha value is -0.420. The molecule has 0 radical (unpaired) electrons. The van der Waals surface area contributed by atoms with Crippen LogP contribution in [0.2, 0.25) is 0 Å². The van der Waals surface area contributed by atoms with E-state index in [0.717, 1.165) is 0 Å². The normalized spacial score (nSPS) is 6.00. The van der Waals surface area contributed by atoms with Gasteiger partial charge < -0.3 is 0 Å². The number of rotatable bonds is 0. The highest BCUT2D eigenvalue weighted by Gasteiger charge is 1.44. The Bertz CT molecular complexity index is 13.0. The molecule has 0 atom stereocenters. The molecule has 0 spiro atoms. The van der Waals surface area contributed by atoms with Gasteiger partial charge in [-0.3, -0.25) is 0 Å². The van der Waals surface area contributed by atoms with Crippen molar-refractivity contribution in [2.24, 2.45) is 0 Å². The van der Waals surface area contributed by atoms with Crippen molar-refractivity contribution < 1.29 is 26.3 Å².